The van der Waals surface area contributed by atoms with E-state index in [2.05, 4.69) is 15.0 Å². The quantitative estimate of drug-likeness (QED) is 0.516. The van der Waals surface area contributed by atoms with E-state index in [-0.39, 0.29) is 17.8 Å². The van der Waals surface area contributed by atoms with E-state index in [1.807, 2.05) is 39.0 Å². The Bertz CT molecular complexity index is 590. The Morgan fingerprint density at radius 3 is 1.12 bits per heavy atom. The van der Waals surface area contributed by atoms with Gasteiger partial charge >= 0.3 is 0 Å². The molecule has 0 heterocycles. The average molecular weight is 327 g/mol. The Kier molecular flexibility index (Phi) is 8.24. The molecule has 0 fully saturated rings. The van der Waals surface area contributed by atoms with Crippen LogP contribution >= 0.6 is 0 Å². The summed E-state index contributed by atoms with van der Waals surface area (Å²) < 4.78 is 0. The van der Waals surface area contributed by atoms with Crippen molar-refractivity contribution in [2.75, 3.05) is 19.6 Å². The standard InChI is InChI=1S/C18H21N3O3/c1-13(7-19-10-22)16-4-17(14(2)8-20-11-23)6-18(5-16)15(3)9-21-12-24/h4-6,13-15H,7-9H2,1-3H3. The summed E-state index contributed by atoms with van der Waals surface area (Å²) in [5.74, 6) is 0.149. The van der Waals surface area contributed by atoms with Crippen molar-refractivity contribution in [3.63, 3.8) is 0 Å². The van der Waals surface area contributed by atoms with Crippen LogP contribution in [0.4, 0.5) is 0 Å². The zero-order chi connectivity index (χ0) is 17.9. The Morgan fingerprint density at radius 2 is 0.917 bits per heavy atom. The third-order valence-corrected chi connectivity index (χ3v) is 4.00. The van der Waals surface area contributed by atoms with Crippen LogP contribution in [-0.4, -0.2) is 37.9 Å². The van der Waals surface area contributed by atoms with Crippen LogP contribution in [0, 0.1) is 0 Å². The first-order chi connectivity index (χ1) is 11.5. The van der Waals surface area contributed by atoms with Gasteiger partial charge in [-0.05, 0) is 16.7 Å². The second kappa shape index (κ2) is 10.2. The average Bonchev–Trinajstić information content (AvgIpc) is 2.61. The first-order valence-electron chi connectivity index (χ1n) is 7.79. The van der Waals surface area contributed by atoms with Crippen LogP contribution < -0.4 is 0 Å². The number of hydrogen-bond acceptors (Lipinski definition) is 6. The number of carbonyl (C=O) groups excluding carboxylic acids is 3. The minimum atomic E-state index is 0.0497. The molecule has 0 aliphatic rings. The summed E-state index contributed by atoms with van der Waals surface area (Å²) >= 11 is 0. The maximum Gasteiger partial charge on any atom is 0.234 e. The zero-order valence-corrected chi connectivity index (χ0v) is 14.2. The molecule has 1 aromatic rings. The van der Waals surface area contributed by atoms with Crippen LogP contribution in [0.25, 0.3) is 0 Å². The number of hydrogen-bond donors (Lipinski definition) is 0. The summed E-state index contributed by atoms with van der Waals surface area (Å²) in [5, 5.41) is 0. The van der Waals surface area contributed by atoms with Gasteiger partial charge in [0.1, 0.15) is 0 Å². The minimum Gasteiger partial charge on any atom is -0.211 e. The van der Waals surface area contributed by atoms with Gasteiger partial charge in [0.15, 0.2) is 0 Å². The molecule has 0 N–H and O–H groups in total. The van der Waals surface area contributed by atoms with Gasteiger partial charge in [-0.15, -0.1) is 0 Å². The number of rotatable bonds is 9. The fourth-order valence-corrected chi connectivity index (χ4v) is 2.39. The lowest BCUT2D eigenvalue weighted by atomic mass is 9.88. The summed E-state index contributed by atoms with van der Waals surface area (Å²) in [4.78, 5) is 42.0. The van der Waals surface area contributed by atoms with Crippen LogP contribution in [-0.2, 0) is 14.4 Å². The van der Waals surface area contributed by atoms with Gasteiger partial charge in [0, 0.05) is 17.8 Å². The minimum absolute atomic E-state index is 0.0497. The number of nitrogens with zero attached hydrogens (tertiary/aromatic N) is 3. The van der Waals surface area contributed by atoms with Crippen molar-refractivity contribution in [2.24, 2.45) is 15.0 Å². The molecule has 0 saturated carbocycles. The van der Waals surface area contributed by atoms with Crippen LogP contribution in [0.2, 0.25) is 0 Å². The molecule has 0 aliphatic heterocycles. The highest BCUT2D eigenvalue weighted by molar-refractivity contribution is 5.39. The maximum atomic E-state index is 10.3. The molecule has 0 spiro atoms. The highest BCUT2D eigenvalue weighted by Gasteiger charge is 2.15. The maximum absolute atomic E-state index is 10.3. The highest BCUT2D eigenvalue weighted by Crippen LogP contribution is 2.28. The number of aliphatic imine (C=N–C) groups is 3. The second-order valence-corrected chi connectivity index (χ2v) is 5.93. The van der Waals surface area contributed by atoms with Gasteiger partial charge < -0.3 is 0 Å². The summed E-state index contributed by atoms with van der Waals surface area (Å²) in [6.45, 7) is 7.00. The molecule has 0 aliphatic carbocycles. The van der Waals surface area contributed by atoms with Gasteiger partial charge in [-0.25, -0.2) is 29.4 Å². The van der Waals surface area contributed by atoms with Crippen molar-refractivity contribution < 1.29 is 14.4 Å². The molecule has 6 nitrogen and oxygen atoms in total. The van der Waals surface area contributed by atoms with E-state index in [1.165, 1.54) is 0 Å². The molecule has 3 unspecified atom stereocenters. The third kappa shape index (κ3) is 5.86. The predicted molar refractivity (Wildman–Crippen MR) is 90.7 cm³/mol. The molecule has 0 bridgehead atoms. The van der Waals surface area contributed by atoms with Crippen molar-refractivity contribution in [3.8, 4) is 0 Å². The second-order valence-electron chi connectivity index (χ2n) is 5.93. The summed E-state index contributed by atoms with van der Waals surface area (Å²) in [5.41, 5.74) is 3.10. The Hall–Kier alpha value is -2.64. The SMILES string of the molecule is CC(CN=C=O)c1cc(C(C)CN=C=O)cc(C(C)CN=C=O)c1. The lowest BCUT2D eigenvalue weighted by molar-refractivity contribution is 0.561. The Balaban J connectivity index is 3.23. The van der Waals surface area contributed by atoms with E-state index in [4.69, 9.17) is 0 Å². The van der Waals surface area contributed by atoms with Crippen molar-refractivity contribution in [1.29, 1.82) is 0 Å². The normalized spacial score (nSPS) is 13.6. The van der Waals surface area contributed by atoms with E-state index in [9.17, 15) is 14.4 Å². The summed E-state index contributed by atoms with van der Waals surface area (Å²) in [7, 11) is 0. The molecule has 24 heavy (non-hydrogen) atoms. The number of benzene rings is 1. The molecule has 1 rings (SSSR count). The van der Waals surface area contributed by atoms with Crippen LogP contribution in [0.15, 0.2) is 33.2 Å². The molecule has 0 radical (unpaired) electrons. The zero-order valence-electron chi connectivity index (χ0n) is 14.2. The fourth-order valence-electron chi connectivity index (χ4n) is 2.39. The predicted octanol–water partition coefficient (Wildman–Crippen LogP) is 3.00. The van der Waals surface area contributed by atoms with Gasteiger partial charge in [-0.1, -0.05) is 39.0 Å². The van der Waals surface area contributed by atoms with Gasteiger partial charge in [0.05, 0.1) is 19.6 Å². The van der Waals surface area contributed by atoms with Crippen LogP contribution in [0.5, 0.6) is 0 Å². The molecule has 1 aromatic carbocycles. The molecule has 3 atom stereocenters. The fraction of sp³-hybridized carbons (Fsp3) is 0.500. The first-order valence-corrected chi connectivity index (χ1v) is 7.79. The molecular weight excluding hydrogens is 306 g/mol. The lowest BCUT2D eigenvalue weighted by Crippen LogP contribution is -2.07. The highest BCUT2D eigenvalue weighted by atomic mass is 16.1. The number of isocyanates is 3. The molecule has 0 aromatic heterocycles. The largest absolute Gasteiger partial charge is 0.234 e. The van der Waals surface area contributed by atoms with E-state index in [0.717, 1.165) is 16.7 Å². The van der Waals surface area contributed by atoms with Crippen molar-refractivity contribution >= 4 is 18.2 Å². The van der Waals surface area contributed by atoms with Crippen LogP contribution in [0.3, 0.4) is 0 Å². The van der Waals surface area contributed by atoms with Gasteiger partial charge in [-0.2, -0.15) is 0 Å². The van der Waals surface area contributed by atoms with Gasteiger partial charge in [0.25, 0.3) is 0 Å². The van der Waals surface area contributed by atoms with Gasteiger partial charge in [0.2, 0.25) is 18.2 Å². The molecular formula is C18H21N3O3. The third-order valence-electron chi connectivity index (χ3n) is 4.00. The first kappa shape index (κ1) is 19.4. The molecule has 0 amide bonds. The monoisotopic (exact) mass is 327 g/mol. The molecule has 126 valence electrons. The molecule has 0 saturated heterocycles. The van der Waals surface area contributed by atoms with Crippen molar-refractivity contribution in [1.82, 2.24) is 0 Å². The van der Waals surface area contributed by atoms with E-state index >= 15 is 0 Å². The van der Waals surface area contributed by atoms with Crippen LogP contribution in [0.1, 0.15) is 55.2 Å². The Morgan fingerprint density at radius 1 is 0.667 bits per heavy atom. The van der Waals surface area contributed by atoms with Gasteiger partial charge in [-0.3, -0.25) is 0 Å². The summed E-state index contributed by atoms with van der Waals surface area (Å²) in [6, 6.07) is 6.11. The van der Waals surface area contributed by atoms with Crippen molar-refractivity contribution in [3.05, 3.63) is 34.9 Å². The van der Waals surface area contributed by atoms with E-state index < -0.39 is 0 Å². The molecule has 6 heteroatoms. The Labute approximate surface area is 141 Å². The van der Waals surface area contributed by atoms with E-state index in [0.29, 0.717) is 19.6 Å². The van der Waals surface area contributed by atoms with E-state index in [1.54, 1.807) is 18.2 Å². The van der Waals surface area contributed by atoms with Crippen molar-refractivity contribution in [2.45, 2.75) is 38.5 Å². The topological polar surface area (TPSA) is 88.3 Å². The summed E-state index contributed by atoms with van der Waals surface area (Å²) in [6.07, 6.45) is 4.67. The lowest BCUT2D eigenvalue weighted by Gasteiger charge is -2.18. The smallest absolute Gasteiger partial charge is 0.211 e.